The highest BCUT2D eigenvalue weighted by molar-refractivity contribution is 5.26. The number of rotatable bonds is 6. The maximum absolute atomic E-state index is 4.39. The van der Waals surface area contributed by atoms with Gasteiger partial charge < -0.3 is 5.32 Å². The fourth-order valence-corrected chi connectivity index (χ4v) is 2.06. The third kappa shape index (κ3) is 2.96. The Labute approximate surface area is 108 Å². The van der Waals surface area contributed by atoms with Gasteiger partial charge in [-0.05, 0) is 24.6 Å². The Morgan fingerprint density at radius 2 is 2.17 bits per heavy atom. The van der Waals surface area contributed by atoms with Crippen LogP contribution in [0.1, 0.15) is 37.4 Å². The number of pyridine rings is 1. The SMILES string of the molecule is CCCn1cc(C(NCC)c2cccnc2)cn1. The predicted octanol–water partition coefficient (Wildman–Crippen LogP) is 2.39. The second-order valence-electron chi connectivity index (χ2n) is 4.31. The zero-order chi connectivity index (χ0) is 12.8. The van der Waals surface area contributed by atoms with E-state index < -0.39 is 0 Å². The van der Waals surface area contributed by atoms with E-state index in [1.165, 1.54) is 11.1 Å². The van der Waals surface area contributed by atoms with Crippen LogP contribution in [-0.4, -0.2) is 21.3 Å². The van der Waals surface area contributed by atoms with Gasteiger partial charge in [-0.15, -0.1) is 0 Å². The van der Waals surface area contributed by atoms with Gasteiger partial charge in [0.25, 0.3) is 0 Å². The van der Waals surface area contributed by atoms with Crippen LogP contribution in [0.5, 0.6) is 0 Å². The zero-order valence-corrected chi connectivity index (χ0v) is 11.0. The van der Waals surface area contributed by atoms with Gasteiger partial charge in [-0.25, -0.2) is 0 Å². The van der Waals surface area contributed by atoms with Gasteiger partial charge in [0.1, 0.15) is 0 Å². The first-order valence-electron chi connectivity index (χ1n) is 6.50. The summed E-state index contributed by atoms with van der Waals surface area (Å²) in [6, 6.07) is 4.24. The van der Waals surface area contributed by atoms with Crippen LogP contribution in [0.15, 0.2) is 36.9 Å². The van der Waals surface area contributed by atoms with E-state index in [-0.39, 0.29) is 6.04 Å². The molecule has 2 aromatic heterocycles. The summed E-state index contributed by atoms with van der Waals surface area (Å²) in [6.07, 6.45) is 8.86. The lowest BCUT2D eigenvalue weighted by Gasteiger charge is -2.16. The van der Waals surface area contributed by atoms with Crippen LogP contribution in [0.3, 0.4) is 0 Å². The molecule has 0 saturated carbocycles. The number of nitrogens with zero attached hydrogens (tertiary/aromatic N) is 3. The van der Waals surface area contributed by atoms with Crippen molar-refractivity contribution in [3.8, 4) is 0 Å². The number of aromatic nitrogens is 3. The zero-order valence-electron chi connectivity index (χ0n) is 11.0. The molecule has 2 aromatic rings. The van der Waals surface area contributed by atoms with Crippen molar-refractivity contribution < 1.29 is 0 Å². The van der Waals surface area contributed by atoms with Crippen LogP contribution in [0.25, 0.3) is 0 Å². The van der Waals surface area contributed by atoms with Crippen molar-refractivity contribution in [3.63, 3.8) is 0 Å². The summed E-state index contributed by atoms with van der Waals surface area (Å²) in [6.45, 7) is 6.15. The number of hydrogen-bond acceptors (Lipinski definition) is 3. The van der Waals surface area contributed by atoms with E-state index in [0.29, 0.717) is 0 Å². The van der Waals surface area contributed by atoms with Crippen LogP contribution in [0.2, 0.25) is 0 Å². The van der Waals surface area contributed by atoms with Crippen LogP contribution >= 0.6 is 0 Å². The Hall–Kier alpha value is -1.68. The second-order valence-corrected chi connectivity index (χ2v) is 4.31. The quantitative estimate of drug-likeness (QED) is 0.848. The van der Waals surface area contributed by atoms with Crippen molar-refractivity contribution in [1.29, 1.82) is 0 Å². The molecule has 18 heavy (non-hydrogen) atoms. The molecular weight excluding hydrogens is 224 g/mol. The van der Waals surface area contributed by atoms with E-state index in [0.717, 1.165) is 19.5 Å². The molecule has 4 heteroatoms. The van der Waals surface area contributed by atoms with Crippen molar-refractivity contribution in [2.75, 3.05) is 6.54 Å². The van der Waals surface area contributed by atoms with Gasteiger partial charge in [0.15, 0.2) is 0 Å². The third-order valence-corrected chi connectivity index (χ3v) is 2.87. The minimum absolute atomic E-state index is 0.175. The molecular formula is C14H20N4. The van der Waals surface area contributed by atoms with Crippen molar-refractivity contribution in [3.05, 3.63) is 48.0 Å². The molecule has 1 atom stereocenters. The molecule has 0 fully saturated rings. The van der Waals surface area contributed by atoms with Crippen molar-refractivity contribution in [1.82, 2.24) is 20.1 Å². The first-order valence-corrected chi connectivity index (χ1v) is 6.50. The largest absolute Gasteiger partial charge is 0.306 e. The molecule has 0 aliphatic carbocycles. The first kappa shape index (κ1) is 12.8. The number of hydrogen-bond donors (Lipinski definition) is 1. The smallest absolute Gasteiger partial charge is 0.0623 e. The fraction of sp³-hybridized carbons (Fsp3) is 0.429. The highest BCUT2D eigenvalue weighted by atomic mass is 15.3. The molecule has 0 aromatic carbocycles. The monoisotopic (exact) mass is 244 g/mol. The highest BCUT2D eigenvalue weighted by Crippen LogP contribution is 2.20. The lowest BCUT2D eigenvalue weighted by atomic mass is 10.0. The van der Waals surface area contributed by atoms with Crippen molar-refractivity contribution in [2.45, 2.75) is 32.9 Å². The molecule has 0 radical (unpaired) electrons. The molecule has 4 nitrogen and oxygen atoms in total. The Bertz CT molecular complexity index is 464. The molecule has 0 amide bonds. The summed E-state index contributed by atoms with van der Waals surface area (Å²) in [7, 11) is 0. The normalized spacial score (nSPS) is 12.6. The molecule has 0 bridgehead atoms. The summed E-state index contributed by atoms with van der Waals surface area (Å²) < 4.78 is 2.00. The summed E-state index contributed by atoms with van der Waals surface area (Å²) in [5.41, 5.74) is 2.37. The molecule has 0 aliphatic rings. The lowest BCUT2D eigenvalue weighted by Crippen LogP contribution is -2.21. The molecule has 0 spiro atoms. The van der Waals surface area contributed by atoms with Gasteiger partial charge >= 0.3 is 0 Å². The summed E-state index contributed by atoms with van der Waals surface area (Å²) in [5, 5.41) is 7.87. The summed E-state index contributed by atoms with van der Waals surface area (Å²) >= 11 is 0. The van der Waals surface area contributed by atoms with Gasteiger partial charge in [-0.2, -0.15) is 5.10 Å². The molecule has 1 unspecified atom stereocenters. The molecule has 2 rings (SSSR count). The van der Waals surface area contributed by atoms with Crippen LogP contribution in [0.4, 0.5) is 0 Å². The summed E-state index contributed by atoms with van der Waals surface area (Å²) in [5.74, 6) is 0. The fourth-order valence-electron chi connectivity index (χ4n) is 2.06. The van der Waals surface area contributed by atoms with Gasteiger partial charge in [-0.1, -0.05) is 19.9 Å². The molecule has 1 N–H and O–H groups in total. The molecule has 0 aliphatic heterocycles. The van der Waals surface area contributed by atoms with Crippen molar-refractivity contribution in [2.24, 2.45) is 0 Å². The summed E-state index contributed by atoms with van der Waals surface area (Å²) in [4.78, 5) is 4.19. The standard InChI is InChI=1S/C14H20N4/c1-3-8-18-11-13(10-17-18)14(16-4-2)12-6-5-7-15-9-12/h5-7,9-11,14,16H,3-4,8H2,1-2H3. The van der Waals surface area contributed by atoms with Crippen molar-refractivity contribution >= 4 is 0 Å². The second kappa shape index (κ2) is 6.31. The van der Waals surface area contributed by atoms with E-state index in [1.807, 2.05) is 23.1 Å². The molecule has 96 valence electrons. The Morgan fingerprint density at radius 1 is 1.28 bits per heavy atom. The first-order chi connectivity index (χ1) is 8.85. The highest BCUT2D eigenvalue weighted by Gasteiger charge is 2.14. The van der Waals surface area contributed by atoms with Gasteiger partial charge in [0.2, 0.25) is 0 Å². The number of nitrogens with one attached hydrogen (secondary N) is 1. The predicted molar refractivity (Wildman–Crippen MR) is 72.3 cm³/mol. The minimum atomic E-state index is 0.175. The topological polar surface area (TPSA) is 42.7 Å². The van der Waals surface area contributed by atoms with Gasteiger partial charge in [-0.3, -0.25) is 9.67 Å². The Morgan fingerprint density at radius 3 is 2.83 bits per heavy atom. The van der Waals surface area contributed by atoms with E-state index >= 15 is 0 Å². The number of aryl methyl sites for hydroxylation is 1. The Kier molecular flexibility index (Phi) is 4.47. The minimum Gasteiger partial charge on any atom is -0.306 e. The van der Waals surface area contributed by atoms with Gasteiger partial charge in [0, 0.05) is 30.7 Å². The lowest BCUT2D eigenvalue weighted by molar-refractivity contribution is 0.597. The van der Waals surface area contributed by atoms with Crippen LogP contribution in [0, 0.1) is 0 Å². The average molecular weight is 244 g/mol. The Balaban J connectivity index is 2.23. The average Bonchev–Trinajstić information content (AvgIpc) is 2.86. The molecule has 2 heterocycles. The van der Waals surface area contributed by atoms with Crippen LogP contribution in [-0.2, 0) is 6.54 Å². The van der Waals surface area contributed by atoms with Gasteiger partial charge in [0.05, 0.1) is 12.2 Å². The van der Waals surface area contributed by atoms with E-state index in [1.54, 1.807) is 6.20 Å². The third-order valence-electron chi connectivity index (χ3n) is 2.87. The maximum Gasteiger partial charge on any atom is 0.0623 e. The van der Waals surface area contributed by atoms with E-state index in [2.05, 4.69) is 41.5 Å². The van der Waals surface area contributed by atoms with Crippen LogP contribution < -0.4 is 5.32 Å². The maximum atomic E-state index is 4.39. The van der Waals surface area contributed by atoms with E-state index in [4.69, 9.17) is 0 Å². The van der Waals surface area contributed by atoms with E-state index in [9.17, 15) is 0 Å². The molecule has 0 saturated heterocycles.